The summed E-state index contributed by atoms with van der Waals surface area (Å²) >= 11 is 11.2. The molecule has 1 heterocycles. The van der Waals surface area contributed by atoms with Crippen molar-refractivity contribution >= 4 is 23.2 Å². The molecule has 4 heteroatoms. The summed E-state index contributed by atoms with van der Waals surface area (Å²) in [6, 6.07) is 1.57. The quantitative estimate of drug-likeness (QED) is 0.712. The second-order valence-electron chi connectivity index (χ2n) is 1.71. The number of rotatable bonds is 1. The maximum absolute atomic E-state index is 8.64. The standard InChI is InChI=1S/C6H5Cl2NO/c7-4-1-2-9-5(3-10)6(4)8/h1-2,10H,3H2. The van der Waals surface area contributed by atoms with Gasteiger partial charge in [-0.1, -0.05) is 23.2 Å². The first-order valence-electron chi connectivity index (χ1n) is 2.65. The van der Waals surface area contributed by atoms with Crippen molar-refractivity contribution in [2.45, 2.75) is 6.61 Å². The van der Waals surface area contributed by atoms with Crippen molar-refractivity contribution < 1.29 is 5.11 Å². The largest absolute Gasteiger partial charge is 0.390 e. The van der Waals surface area contributed by atoms with Gasteiger partial charge in [-0.25, -0.2) is 0 Å². The van der Waals surface area contributed by atoms with E-state index in [1.807, 2.05) is 0 Å². The van der Waals surface area contributed by atoms with Gasteiger partial charge in [0, 0.05) is 6.20 Å². The number of halogens is 2. The number of hydrogen-bond acceptors (Lipinski definition) is 2. The summed E-state index contributed by atoms with van der Waals surface area (Å²) in [5.41, 5.74) is 0.411. The Hall–Kier alpha value is -0.310. The van der Waals surface area contributed by atoms with Gasteiger partial charge in [-0.3, -0.25) is 4.98 Å². The normalized spacial score (nSPS) is 9.90. The van der Waals surface area contributed by atoms with Gasteiger partial charge in [0.05, 0.1) is 22.3 Å². The van der Waals surface area contributed by atoms with Gasteiger partial charge in [0.25, 0.3) is 0 Å². The highest BCUT2D eigenvalue weighted by atomic mass is 35.5. The molecule has 0 radical (unpaired) electrons. The first-order chi connectivity index (χ1) is 4.75. The van der Waals surface area contributed by atoms with E-state index in [0.717, 1.165) is 0 Å². The van der Waals surface area contributed by atoms with Gasteiger partial charge < -0.3 is 5.11 Å². The molecule has 0 aliphatic carbocycles. The summed E-state index contributed by atoms with van der Waals surface area (Å²) in [6.07, 6.45) is 1.50. The Bertz CT molecular complexity index is 239. The molecule has 1 aromatic rings. The van der Waals surface area contributed by atoms with Crippen molar-refractivity contribution in [3.05, 3.63) is 28.0 Å². The lowest BCUT2D eigenvalue weighted by atomic mass is 10.4. The lowest BCUT2D eigenvalue weighted by molar-refractivity contribution is 0.277. The SMILES string of the molecule is OCc1nccc(Cl)c1Cl. The molecule has 54 valence electrons. The van der Waals surface area contributed by atoms with Gasteiger partial charge in [-0.05, 0) is 6.07 Å². The Labute approximate surface area is 68.4 Å². The van der Waals surface area contributed by atoms with E-state index in [0.29, 0.717) is 15.7 Å². The summed E-state index contributed by atoms with van der Waals surface area (Å²) in [7, 11) is 0. The molecule has 0 atom stereocenters. The summed E-state index contributed by atoms with van der Waals surface area (Å²) in [5, 5.41) is 9.38. The Morgan fingerprint density at radius 2 is 2.20 bits per heavy atom. The average Bonchev–Trinajstić information content (AvgIpc) is 1.95. The van der Waals surface area contributed by atoms with Crippen LogP contribution in [0.1, 0.15) is 5.69 Å². The topological polar surface area (TPSA) is 33.1 Å². The molecule has 10 heavy (non-hydrogen) atoms. The highest BCUT2D eigenvalue weighted by Gasteiger charge is 2.02. The van der Waals surface area contributed by atoms with Crippen LogP contribution in [0.2, 0.25) is 10.0 Å². The van der Waals surface area contributed by atoms with E-state index < -0.39 is 0 Å². The highest BCUT2D eigenvalue weighted by molar-refractivity contribution is 6.42. The average molecular weight is 178 g/mol. The van der Waals surface area contributed by atoms with Crippen LogP contribution in [0.5, 0.6) is 0 Å². The van der Waals surface area contributed by atoms with Crippen LogP contribution in [0, 0.1) is 0 Å². The third-order valence-electron chi connectivity index (χ3n) is 1.06. The van der Waals surface area contributed by atoms with Crippen LogP contribution in [0.3, 0.4) is 0 Å². The molecule has 0 aliphatic rings. The zero-order valence-electron chi connectivity index (χ0n) is 5.01. The van der Waals surface area contributed by atoms with Gasteiger partial charge >= 0.3 is 0 Å². The van der Waals surface area contributed by atoms with Gasteiger partial charge in [0.1, 0.15) is 0 Å². The monoisotopic (exact) mass is 177 g/mol. The van der Waals surface area contributed by atoms with Crippen molar-refractivity contribution in [1.82, 2.24) is 4.98 Å². The second kappa shape index (κ2) is 3.19. The summed E-state index contributed by atoms with van der Waals surface area (Å²) < 4.78 is 0. The third-order valence-corrected chi connectivity index (χ3v) is 1.90. The van der Waals surface area contributed by atoms with Gasteiger partial charge in [0.15, 0.2) is 0 Å². The molecule has 1 rings (SSSR count). The zero-order valence-corrected chi connectivity index (χ0v) is 6.52. The van der Waals surface area contributed by atoms with Crippen molar-refractivity contribution in [1.29, 1.82) is 0 Å². The number of aliphatic hydroxyl groups is 1. The predicted molar refractivity (Wildman–Crippen MR) is 40.2 cm³/mol. The summed E-state index contributed by atoms with van der Waals surface area (Å²) in [6.45, 7) is -0.181. The van der Waals surface area contributed by atoms with Crippen molar-refractivity contribution in [3.8, 4) is 0 Å². The highest BCUT2D eigenvalue weighted by Crippen LogP contribution is 2.23. The molecule has 0 fully saturated rings. The Balaban J connectivity index is 3.14. The van der Waals surface area contributed by atoms with Crippen LogP contribution >= 0.6 is 23.2 Å². The molecule has 2 nitrogen and oxygen atoms in total. The smallest absolute Gasteiger partial charge is 0.0868 e. The first kappa shape index (κ1) is 7.79. The molecule has 1 N–H and O–H groups in total. The van der Waals surface area contributed by atoms with Crippen molar-refractivity contribution in [2.24, 2.45) is 0 Å². The number of hydrogen-bond donors (Lipinski definition) is 1. The van der Waals surface area contributed by atoms with Crippen LogP contribution in [0.25, 0.3) is 0 Å². The molecule has 0 spiro atoms. The molecule has 1 aromatic heterocycles. The van der Waals surface area contributed by atoms with Crippen LogP contribution in [-0.2, 0) is 6.61 Å². The van der Waals surface area contributed by atoms with Crippen LogP contribution in [-0.4, -0.2) is 10.1 Å². The van der Waals surface area contributed by atoms with Gasteiger partial charge in [-0.15, -0.1) is 0 Å². The zero-order chi connectivity index (χ0) is 7.56. The molecule has 0 amide bonds. The number of aromatic nitrogens is 1. The van der Waals surface area contributed by atoms with E-state index in [9.17, 15) is 0 Å². The number of pyridine rings is 1. The predicted octanol–water partition coefficient (Wildman–Crippen LogP) is 1.88. The van der Waals surface area contributed by atoms with Gasteiger partial charge in [0.2, 0.25) is 0 Å². The molecule has 0 bridgehead atoms. The van der Waals surface area contributed by atoms with E-state index in [1.165, 1.54) is 6.20 Å². The van der Waals surface area contributed by atoms with Crippen molar-refractivity contribution in [2.75, 3.05) is 0 Å². The minimum atomic E-state index is -0.181. The summed E-state index contributed by atoms with van der Waals surface area (Å²) in [5.74, 6) is 0. The minimum absolute atomic E-state index is 0.181. The molecular weight excluding hydrogens is 173 g/mol. The molecule has 0 aromatic carbocycles. The van der Waals surface area contributed by atoms with E-state index in [4.69, 9.17) is 28.3 Å². The Morgan fingerprint density at radius 3 is 2.70 bits per heavy atom. The number of nitrogens with zero attached hydrogens (tertiary/aromatic N) is 1. The minimum Gasteiger partial charge on any atom is -0.390 e. The van der Waals surface area contributed by atoms with E-state index in [2.05, 4.69) is 4.98 Å². The fourth-order valence-corrected chi connectivity index (χ4v) is 0.908. The Morgan fingerprint density at radius 1 is 1.50 bits per heavy atom. The molecule has 0 unspecified atom stereocenters. The van der Waals surface area contributed by atoms with Crippen LogP contribution in [0.15, 0.2) is 12.3 Å². The molecular formula is C6H5Cl2NO. The van der Waals surface area contributed by atoms with Crippen molar-refractivity contribution in [3.63, 3.8) is 0 Å². The van der Waals surface area contributed by atoms with E-state index in [-0.39, 0.29) is 6.61 Å². The fourth-order valence-electron chi connectivity index (χ4n) is 0.571. The summed E-state index contributed by atoms with van der Waals surface area (Å²) in [4.78, 5) is 3.79. The van der Waals surface area contributed by atoms with Crippen LogP contribution in [0.4, 0.5) is 0 Å². The Kier molecular flexibility index (Phi) is 2.49. The molecule has 0 saturated heterocycles. The van der Waals surface area contributed by atoms with Gasteiger partial charge in [-0.2, -0.15) is 0 Å². The molecule has 0 saturated carbocycles. The second-order valence-corrected chi connectivity index (χ2v) is 2.50. The number of aliphatic hydroxyl groups excluding tert-OH is 1. The third kappa shape index (κ3) is 1.40. The lowest BCUT2D eigenvalue weighted by Crippen LogP contribution is -1.89. The van der Waals surface area contributed by atoms with E-state index in [1.54, 1.807) is 6.07 Å². The molecule has 0 aliphatic heterocycles. The lowest BCUT2D eigenvalue weighted by Gasteiger charge is -1.98. The maximum Gasteiger partial charge on any atom is 0.0868 e. The fraction of sp³-hybridized carbons (Fsp3) is 0.167. The first-order valence-corrected chi connectivity index (χ1v) is 3.41. The van der Waals surface area contributed by atoms with Crippen LogP contribution < -0.4 is 0 Å². The maximum atomic E-state index is 8.64. The van der Waals surface area contributed by atoms with E-state index >= 15 is 0 Å².